The van der Waals surface area contributed by atoms with E-state index < -0.39 is 0 Å². The molecule has 0 atom stereocenters. The Morgan fingerprint density at radius 2 is 1.61 bits per heavy atom. The zero-order chi connectivity index (χ0) is 17.2. The minimum atomic E-state index is -0.0522. The Morgan fingerprint density at radius 3 is 1.96 bits per heavy atom. The van der Waals surface area contributed by atoms with Gasteiger partial charge in [-0.15, -0.1) is 35.9 Å². The van der Waals surface area contributed by atoms with Gasteiger partial charge in [-0.3, -0.25) is 0 Å². The van der Waals surface area contributed by atoms with E-state index in [-0.39, 0.29) is 28.0 Å². The minimum Gasteiger partial charge on any atom is -0.632 e. The predicted molar refractivity (Wildman–Crippen MR) is 106 cm³/mol. The Bertz CT molecular complexity index is 384. The van der Waals surface area contributed by atoms with Crippen LogP contribution in [0, 0.1) is 6.07 Å². The number of rotatable bonds is 3. The van der Waals surface area contributed by atoms with Crippen molar-refractivity contribution in [2.24, 2.45) is 0 Å². The van der Waals surface area contributed by atoms with E-state index in [0.717, 1.165) is 17.5 Å². The maximum atomic E-state index is 4.22. The van der Waals surface area contributed by atoms with Crippen molar-refractivity contribution in [3.63, 3.8) is 0 Å². The van der Waals surface area contributed by atoms with Gasteiger partial charge >= 0.3 is 0 Å². The van der Waals surface area contributed by atoms with Crippen LogP contribution in [0.4, 0.5) is 0 Å². The molecule has 0 aliphatic rings. The number of hydrogen-bond acceptors (Lipinski definition) is 1. The Morgan fingerprint density at radius 1 is 1.00 bits per heavy atom. The molecular formula is C19H32IrN2P-. The van der Waals surface area contributed by atoms with Gasteiger partial charge in [0.1, 0.15) is 0 Å². The van der Waals surface area contributed by atoms with Crippen molar-refractivity contribution in [1.82, 2.24) is 4.98 Å². The summed E-state index contributed by atoms with van der Waals surface area (Å²) in [7, 11) is 1.82. The van der Waals surface area contributed by atoms with Crippen molar-refractivity contribution in [1.29, 1.82) is 0 Å². The van der Waals surface area contributed by atoms with Crippen LogP contribution in [0.15, 0.2) is 48.7 Å². The van der Waals surface area contributed by atoms with E-state index in [0.29, 0.717) is 0 Å². The standard InChI is InChI=1S/C11H8N.C4H11NP.2C2H6.Ir/c1-2-6-10(7-3-1)11-8-4-5-9-12-11;1-5-4-6(2)3;2*1-2;/h1-6,8-9H;4H2,1-3H3;2*1-2H3;/q2*-1;;;/p+1. The number of benzene rings is 1. The Kier molecular flexibility index (Phi) is 25.4. The third-order valence-corrected chi connectivity index (χ3v) is 3.07. The van der Waals surface area contributed by atoms with E-state index >= 15 is 0 Å². The van der Waals surface area contributed by atoms with Gasteiger partial charge in [0.2, 0.25) is 0 Å². The molecule has 0 saturated heterocycles. The molecule has 0 fully saturated rings. The maximum absolute atomic E-state index is 4.22. The Labute approximate surface area is 158 Å². The zero-order valence-corrected chi connectivity index (χ0v) is 18.9. The molecule has 0 unspecified atom stereocenters. The molecule has 0 bridgehead atoms. The van der Waals surface area contributed by atoms with E-state index in [1.54, 1.807) is 6.20 Å². The van der Waals surface area contributed by atoms with Crippen molar-refractivity contribution in [2.75, 3.05) is 26.7 Å². The summed E-state index contributed by atoms with van der Waals surface area (Å²) in [5.74, 6) is 0. The van der Waals surface area contributed by atoms with Crippen LogP contribution in [-0.2, 0) is 20.1 Å². The van der Waals surface area contributed by atoms with Crippen molar-refractivity contribution < 1.29 is 20.1 Å². The molecular weight excluding hydrogens is 479 g/mol. The molecule has 0 aliphatic heterocycles. The van der Waals surface area contributed by atoms with E-state index in [4.69, 9.17) is 0 Å². The predicted octanol–water partition coefficient (Wildman–Crippen LogP) is 6.02. The number of aromatic nitrogens is 1. The number of hydrogen-bond donors (Lipinski definition) is 0. The summed E-state index contributed by atoms with van der Waals surface area (Å²) >= 11 is 0. The summed E-state index contributed by atoms with van der Waals surface area (Å²) in [5, 5.41) is 3.98. The third-order valence-electron chi connectivity index (χ3n) is 2.12. The summed E-state index contributed by atoms with van der Waals surface area (Å²) in [6, 6.07) is 16.8. The van der Waals surface area contributed by atoms with Gasteiger partial charge in [0.15, 0.2) is 0 Å². The van der Waals surface area contributed by atoms with Crippen molar-refractivity contribution in [2.45, 2.75) is 27.7 Å². The van der Waals surface area contributed by atoms with Gasteiger partial charge in [-0.05, 0) is 26.0 Å². The van der Waals surface area contributed by atoms with Crippen molar-refractivity contribution in [3.8, 4) is 11.3 Å². The largest absolute Gasteiger partial charge is 0.632 e. The summed E-state index contributed by atoms with van der Waals surface area (Å²) in [6.45, 7) is 12.5. The summed E-state index contributed by atoms with van der Waals surface area (Å²) in [5.41, 5.74) is 2.01. The first-order valence-electron chi connectivity index (χ1n) is 7.96. The Balaban J connectivity index is -0.000000314. The molecule has 1 heterocycles. The second-order valence-corrected chi connectivity index (χ2v) is 6.90. The third kappa shape index (κ3) is 16.1. The topological polar surface area (TPSA) is 27.0 Å². The molecule has 4 heteroatoms. The van der Waals surface area contributed by atoms with Gasteiger partial charge in [-0.25, -0.2) is 0 Å². The molecule has 1 aromatic heterocycles. The average molecular weight is 512 g/mol. The fourth-order valence-electron chi connectivity index (χ4n) is 1.39. The van der Waals surface area contributed by atoms with Crippen LogP contribution < -0.4 is 0 Å². The molecule has 133 valence electrons. The van der Waals surface area contributed by atoms with Crippen LogP contribution in [0.1, 0.15) is 27.7 Å². The average Bonchev–Trinajstić information content (AvgIpc) is 2.60. The molecule has 2 rings (SSSR count). The van der Waals surface area contributed by atoms with Gasteiger partial charge in [0.25, 0.3) is 0 Å². The van der Waals surface area contributed by atoms with Crippen LogP contribution in [0.25, 0.3) is 16.6 Å². The molecule has 0 amide bonds. The molecule has 2 aromatic rings. The smallest absolute Gasteiger partial charge is 0.0447 e. The quantitative estimate of drug-likeness (QED) is 0.366. The summed E-state index contributed by atoms with van der Waals surface area (Å²) < 4.78 is 0. The van der Waals surface area contributed by atoms with Crippen molar-refractivity contribution >= 4 is 7.92 Å². The fourth-order valence-corrected chi connectivity index (χ4v) is 2.02. The van der Waals surface area contributed by atoms with Gasteiger partial charge < -0.3 is 10.3 Å². The molecule has 0 spiro atoms. The first-order valence-corrected chi connectivity index (χ1v) is 10.7. The second kappa shape index (κ2) is 21.4. The fraction of sp³-hybridized carbons (Fsp3) is 0.421. The van der Waals surface area contributed by atoms with E-state index in [1.807, 2.05) is 77.2 Å². The van der Waals surface area contributed by atoms with Crippen molar-refractivity contribution in [3.05, 3.63) is 60.0 Å². The molecule has 1 radical (unpaired) electrons. The molecule has 0 aliphatic carbocycles. The number of pyridine rings is 1. The Hall–Kier alpha value is -0.591. The zero-order valence-electron chi connectivity index (χ0n) is 15.6. The van der Waals surface area contributed by atoms with Gasteiger partial charge in [0, 0.05) is 39.6 Å². The van der Waals surface area contributed by atoms with Gasteiger partial charge in [-0.2, -0.15) is 7.05 Å². The normalized spacial score (nSPS) is 8.17. The van der Waals surface area contributed by atoms with Crippen LogP contribution >= 0.6 is 7.92 Å². The van der Waals surface area contributed by atoms with Crippen LogP contribution in [0.5, 0.6) is 0 Å². The second-order valence-electron chi connectivity index (χ2n) is 4.17. The minimum absolute atomic E-state index is 0. The first-order chi connectivity index (χ1) is 10.7. The van der Waals surface area contributed by atoms with Crippen LogP contribution in [0.2, 0.25) is 0 Å². The summed E-state index contributed by atoms with van der Waals surface area (Å²) in [4.78, 5) is 4.22. The van der Waals surface area contributed by atoms with Gasteiger partial charge in [0.05, 0.1) is 0 Å². The maximum Gasteiger partial charge on any atom is 0.0447 e. The van der Waals surface area contributed by atoms with Crippen LogP contribution in [-0.4, -0.2) is 31.6 Å². The van der Waals surface area contributed by atoms with Crippen LogP contribution in [0.3, 0.4) is 0 Å². The summed E-state index contributed by atoms with van der Waals surface area (Å²) in [6.07, 6.45) is 2.89. The monoisotopic (exact) mass is 512 g/mol. The SMILES string of the molecule is CC.CC.C[N-]C[PH+](C)C.[Ir].[c-]1ccccc1-c1ccccn1. The van der Waals surface area contributed by atoms with E-state index in [1.165, 1.54) is 0 Å². The molecule has 0 saturated carbocycles. The number of nitrogens with zero attached hydrogens (tertiary/aromatic N) is 2. The molecule has 1 aromatic carbocycles. The molecule has 0 N–H and O–H groups in total. The first kappa shape index (κ1) is 27.3. The molecule has 23 heavy (non-hydrogen) atoms. The molecule has 2 nitrogen and oxygen atoms in total. The van der Waals surface area contributed by atoms with Gasteiger partial charge in [-0.1, -0.05) is 39.8 Å². The van der Waals surface area contributed by atoms with E-state index in [2.05, 4.69) is 29.7 Å². The van der Waals surface area contributed by atoms with E-state index in [9.17, 15) is 0 Å².